The van der Waals surface area contributed by atoms with Gasteiger partial charge in [0.15, 0.2) is 23.6 Å². The number of rotatable bonds is 7. The summed E-state index contributed by atoms with van der Waals surface area (Å²) in [6, 6.07) is 6.90. The van der Waals surface area contributed by atoms with Crippen LogP contribution in [0.15, 0.2) is 30.3 Å². The summed E-state index contributed by atoms with van der Waals surface area (Å²) in [5.41, 5.74) is 0.373. The van der Waals surface area contributed by atoms with Crippen molar-refractivity contribution < 1.29 is 74.1 Å². The fourth-order valence-corrected chi connectivity index (χ4v) is 5.20. The summed E-state index contributed by atoms with van der Waals surface area (Å²) in [5.74, 6) is -0.999. The van der Waals surface area contributed by atoms with Gasteiger partial charge in [0.2, 0.25) is 6.29 Å². The van der Waals surface area contributed by atoms with Crippen molar-refractivity contribution in [2.75, 3.05) is 13.7 Å². The number of aliphatic hydroxyl groups excluding tert-OH is 6. The Hall–Kier alpha value is -3.25. The number of Topliss-reactive ketones (excluding diaryl/α,β-unsaturated/α-hetero) is 1. The number of fused-ring (bicyclic) bond motifs is 1. The predicted molar refractivity (Wildman–Crippen MR) is 141 cm³/mol. The number of ketones is 1. The zero-order valence-corrected chi connectivity index (χ0v) is 23.1. The normalized spacial score (nSPS) is 36.0. The molecule has 3 aliphatic heterocycles. The molecule has 15 heteroatoms. The molecule has 2 saturated heterocycles. The Labute approximate surface area is 245 Å². The van der Waals surface area contributed by atoms with Crippen LogP contribution < -0.4 is 14.2 Å². The average Bonchev–Trinajstić information content (AvgIpc) is 2.97. The molecule has 0 spiro atoms. The van der Waals surface area contributed by atoms with Crippen molar-refractivity contribution in [3.63, 3.8) is 0 Å². The number of methoxy groups -OCH3 is 1. The summed E-state index contributed by atoms with van der Waals surface area (Å²) >= 11 is 0. The highest BCUT2D eigenvalue weighted by atomic mass is 16.7. The number of aliphatic hydroxyl groups is 6. The maximum atomic E-state index is 12.9. The monoisotopic (exact) mass is 610 g/mol. The van der Waals surface area contributed by atoms with Crippen LogP contribution >= 0.6 is 0 Å². The number of carbonyl (C=O) groups is 1. The van der Waals surface area contributed by atoms with Crippen molar-refractivity contribution in [3.8, 4) is 28.7 Å². The summed E-state index contributed by atoms with van der Waals surface area (Å²) in [7, 11) is 1.39. The fourth-order valence-electron chi connectivity index (χ4n) is 5.20. The first-order chi connectivity index (χ1) is 20.4. The van der Waals surface area contributed by atoms with Gasteiger partial charge in [0.05, 0.1) is 26.2 Å². The first-order valence-corrected chi connectivity index (χ1v) is 13.5. The molecular weight excluding hydrogens is 576 g/mol. The minimum Gasteiger partial charge on any atom is -0.507 e. The van der Waals surface area contributed by atoms with Gasteiger partial charge < -0.3 is 69.3 Å². The minimum atomic E-state index is -1.77. The van der Waals surface area contributed by atoms with Crippen LogP contribution in [0, 0.1) is 0 Å². The first-order valence-electron chi connectivity index (χ1n) is 13.5. The van der Waals surface area contributed by atoms with E-state index in [0.29, 0.717) is 5.56 Å². The first kappa shape index (κ1) is 31.2. The van der Waals surface area contributed by atoms with E-state index in [-0.39, 0.29) is 35.0 Å². The fraction of sp³-hybridized carbons (Fsp3) is 0.536. The van der Waals surface area contributed by atoms with Crippen LogP contribution in [0.2, 0.25) is 0 Å². The van der Waals surface area contributed by atoms with Gasteiger partial charge in [-0.15, -0.1) is 0 Å². The number of hydrogen-bond acceptors (Lipinski definition) is 15. The van der Waals surface area contributed by atoms with Gasteiger partial charge in [-0.25, -0.2) is 0 Å². The van der Waals surface area contributed by atoms with Gasteiger partial charge in [-0.05, 0) is 24.6 Å². The van der Waals surface area contributed by atoms with Gasteiger partial charge in [-0.2, -0.15) is 0 Å². The van der Waals surface area contributed by atoms with Crippen molar-refractivity contribution in [3.05, 3.63) is 41.5 Å². The third kappa shape index (κ3) is 6.08. The molecule has 2 fully saturated rings. The number of benzene rings is 2. The second kappa shape index (κ2) is 12.4. The standard InChI is InChI=1S/C28H34O15/c1-10-21(32)23(34)25(36)27(40-10)39-9-19-22(33)24(35)26(37)28(43-19)41-12-6-14(30)20-15(31)8-17(42-18(20)7-12)11-3-4-16(38-2)13(29)5-11/h3-7,10,17,19,21-30,32-37H,8-9H2,1-2H3/t10-,17-,19+,21-,22+,23+,24-,25+,26+,27+,28+/m1/s1. The van der Waals surface area contributed by atoms with Gasteiger partial charge in [-0.1, -0.05) is 6.07 Å². The average molecular weight is 611 g/mol. The molecule has 8 N–H and O–H groups in total. The second-order valence-electron chi connectivity index (χ2n) is 10.6. The van der Waals surface area contributed by atoms with E-state index in [1.54, 1.807) is 6.07 Å². The Balaban J connectivity index is 1.30. The SMILES string of the molecule is COc1ccc([C@H]2CC(=O)c3c(O)cc(O[C@H]4O[C@@H](CO[C@H]5O[C@H](C)[C@@H](O)[C@H](O)[C@@H]5O)[C@H](O)[C@@H](O)[C@@H]4O)cc3O2)cc1O. The second-order valence-corrected chi connectivity index (χ2v) is 10.6. The molecule has 11 atom stereocenters. The van der Waals surface area contributed by atoms with Gasteiger partial charge in [-0.3, -0.25) is 4.79 Å². The molecule has 43 heavy (non-hydrogen) atoms. The Kier molecular flexibility index (Phi) is 8.99. The van der Waals surface area contributed by atoms with E-state index in [4.69, 9.17) is 28.4 Å². The molecule has 0 aromatic heterocycles. The van der Waals surface area contributed by atoms with E-state index in [1.807, 2.05) is 0 Å². The quantitative estimate of drug-likeness (QED) is 0.185. The van der Waals surface area contributed by atoms with E-state index < -0.39 is 85.7 Å². The molecule has 0 saturated carbocycles. The third-order valence-electron chi connectivity index (χ3n) is 7.70. The molecule has 0 radical (unpaired) electrons. The maximum absolute atomic E-state index is 12.9. The van der Waals surface area contributed by atoms with Crippen LogP contribution in [0.25, 0.3) is 0 Å². The van der Waals surface area contributed by atoms with Crippen LogP contribution in [0.3, 0.4) is 0 Å². The number of phenolic OH excluding ortho intramolecular Hbond substituents is 2. The molecule has 2 aromatic carbocycles. The molecular formula is C28H34O15. The lowest BCUT2D eigenvalue weighted by Gasteiger charge is -2.42. The number of aromatic hydroxyl groups is 2. The summed E-state index contributed by atoms with van der Waals surface area (Å²) < 4.78 is 33.1. The Morgan fingerprint density at radius 2 is 1.53 bits per heavy atom. The summed E-state index contributed by atoms with van der Waals surface area (Å²) in [5, 5.41) is 82.2. The molecule has 15 nitrogen and oxygen atoms in total. The van der Waals surface area contributed by atoms with Crippen LogP contribution in [0.1, 0.15) is 35.4 Å². The minimum absolute atomic E-state index is 0.0457. The van der Waals surface area contributed by atoms with E-state index in [0.717, 1.165) is 6.07 Å². The zero-order chi connectivity index (χ0) is 31.2. The van der Waals surface area contributed by atoms with Crippen molar-refractivity contribution >= 4 is 5.78 Å². The Bertz CT molecular complexity index is 1320. The summed E-state index contributed by atoms with van der Waals surface area (Å²) in [6.07, 6.45) is -15.9. The highest BCUT2D eigenvalue weighted by Gasteiger charge is 2.47. The lowest BCUT2D eigenvalue weighted by Crippen LogP contribution is -2.61. The highest BCUT2D eigenvalue weighted by Crippen LogP contribution is 2.43. The Morgan fingerprint density at radius 3 is 2.23 bits per heavy atom. The molecule has 0 amide bonds. The number of phenols is 2. The van der Waals surface area contributed by atoms with E-state index in [1.165, 1.54) is 32.2 Å². The smallest absolute Gasteiger partial charge is 0.229 e. The van der Waals surface area contributed by atoms with E-state index >= 15 is 0 Å². The number of ether oxygens (including phenoxy) is 6. The largest absolute Gasteiger partial charge is 0.507 e. The predicted octanol–water partition coefficient (Wildman–Crippen LogP) is -1.16. The van der Waals surface area contributed by atoms with Crippen LogP contribution in [0.5, 0.6) is 28.7 Å². The molecule has 0 aliphatic carbocycles. The molecule has 236 valence electrons. The van der Waals surface area contributed by atoms with Crippen LogP contribution in [0.4, 0.5) is 0 Å². The van der Waals surface area contributed by atoms with Gasteiger partial charge >= 0.3 is 0 Å². The van der Waals surface area contributed by atoms with Crippen LogP contribution in [-0.4, -0.2) is 122 Å². The summed E-state index contributed by atoms with van der Waals surface area (Å²) in [6.45, 7) is 0.964. The summed E-state index contributed by atoms with van der Waals surface area (Å²) in [4.78, 5) is 12.9. The van der Waals surface area contributed by atoms with Crippen molar-refractivity contribution in [1.82, 2.24) is 0 Å². The van der Waals surface area contributed by atoms with Gasteiger partial charge in [0, 0.05) is 12.1 Å². The lowest BCUT2D eigenvalue weighted by molar-refractivity contribution is -0.318. The molecule has 5 rings (SSSR count). The number of carbonyl (C=O) groups excluding carboxylic acids is 1. The molecule has 0 unspecified atom stereocenters. The molecule has 3 aliphatic rings. The lowest BCUT2D eigenvalue weighted by atomic mass is 9.95. The van der Waals surface area contributed by atoms with Crippen molar-refractivity contribution in [2.45, 2.75) is 80.9 Å². The Morgan fingerprint density at radius 1 is 0.837 bits per heavy atom. The number of hydrogen-bond donors (Lipinski definition) is 8. The molecule has 3 heterocycles. The molecule has 2 aromatic rings. The van der Waals surface area contributed by atoms with E-state index in [9.17, 15) is 45.6 Å². The maximum Gasteiger partial charge on any atom is 0.229 e. The highest BCUT2D eigenvalue weighted by molar-refractivity contribution is 6.02. The van der Waals surface area contributed by atoms with Gasteiger partial charge in [0.1, 0.15) is 71.6 Å². The third-order valence-corrected chi connectivity index (χ3v) is 7.70. The van der Waals surface area contributed by atoms with Crippen molar-refractivity contribution in [2.24, 2.45) is 0 Å². The van der Waals surface area contributed by atoms with Crippen molar-refractivity contribution in [1.29, 1.82) is 0 Å². The zero-order valence-electron chi connectivity index (χ0n) is 23.1. The van der Waals surface area contributed by atoms with Gasteiger partial charge in [0.25, 0.3) is 0 Å². The molecule has 0 bridgehead atoms. The van der Waals surface area contributed by atoms with E-state index in [2.05, 4.69) is 0 Å². The topological polar surface area (TPSA) is 234 Å². The van der Waals surface area contributed by atoms with Crippen LogP contribution in [-0.2, 0) is 14.2 Å².